The highest BCUT2D eigenvalue weighted by Gasteiger charge is 2.17. The number of carboxylic acids is 1. The monoisotopic (exact) mass is 296 g/mol. The maximum atomic E-state index is 11.3. The second-order valence-electron chi connectivity index (χ2n) is 4.50. The molecular formula is C13H16N2O2S2. The number of nitrogens with zero attached hydrogens (tertiary/aromatic N) is 2. The summed E-state index contributed by atoms with van der Waals surface area (Å²) in [7, 11) is 4.00. The molecule has 4 nitrogen and oxygen atoms in total. The molecule has 0 saturated heterocycles. The minimum atomic E-state index is -0.875. The molecule has 6 heteroatoms. The molecule has 0 aromatic carbocycles. The van der Waals surface area contributed by atoms with Gasteiger partial charge in [-0.25, -0.2) is 9.78 Å². The lowest BCUT2D eigenvalue weighted by Crippen LogP contribution is -2.14. The number of hydrogen-bond acceptors (Lipinski definition) is 5. The molecule has 0 radical (unpaired) electrons. The van der Waals surface area contributed by atoms with Crippen LogP contribution in [0.2, 0.25) is 0 Å². The molecule has 19 heavy (non-hydrogen) atoms. The Balaban J connectivity index is 2.18. The van der Waals surface area contributed by atoms with Crippen molar-refractivity contribution >= 4 is 28.6 Å². The van der Waals surface area contributed by atoms with Crippen LogP contribution < -0.4 is 0 Å². The predicted octanol–water partition coefficient (Wildman–Crippen LogP) is 2.60. The number of rotatable bonds is 6. The van der Waals surface area contributed by atoms with Gasteiger partial charge in [-0.05, 0) is 25.5 Å². The summed E-state index contributed by atoms with van der Waals surface area (Å²) in [5, 5.41) is 12.1. The van der Waals surface area contributed by atoms with E-state index in [2.05, 4.69) is 9.88 Å². The van der Waals surface area contributed by atoms with E-state index in [0.29, 0.717) is 17.0 Å². The summed E-state index contributed by atoms with van der Waals surface area (Å²) < 4.78 is 0. The standard InChI is InChI=1S/C13H16N2O2S2/c1-15(2)6-5-11-14-10(12(19-11)13(16)17)8-9-4-3-7-18-9/h3-4,7H,5-6,8H2,1-2H3,(H,16,17). The first-order valence-corrected chi connectivity index (χ1v) is 7.65. The van der Waals surface area contributed by atoms with Crippen molar-refractivity contribution < 1.29 is 9.90 Å². The van der Waals surface area contributed by atoms with Crippen LogP contribution in [0, 0.1) is 0 Å². The van der Waals surface area contributed by atoms with Crippen LogP contribution in [-0.4, -0.2) is 41.6 Å². The van der Waals surface area contributed by atoms with E-state index in [-0.39, 0.29) is 0 Å². The molecular weight excluding hydrogens is 280 g/mol. The topological polar surface area (TPSA) is 53.4 Å². The minimum absolute atomic E-state index is 0.377. The zero-order valence-electron chi connectivity index (χ0n) is 10.9. The van der Waals surface area contributed by atoms with Crippen molar-refractivity contribution in [2.24, 2.45) is 0 Å². The van der Waals surface area contributed by atoms with E-state index in [0.717, 1.165) is 22.9 Å². The van der Waals surface area contributed by atoms with Crippen molar-refractivity contribution in [3.05, 3.63) is 38.0 Å². The summed E-state index contributed by atoms with van der Waals surface area (Å²) in [6.07, 6.45) is 1.40. The van der Waals surface area contributed by atoms with Crippen LogP contribution in [-0.2, 0) is 12.8 Å². The number of aromatic nitrogens is 1. The van der Waals surface area contributed by atoms with Crippen molar-refractivity contribution in [3.8, 4) is 0 Å². The maximum Gasteiger partial charge on any atom is 0.347 e. The highest BCUT2D eigenvalue weighted by atomic mass is 32.1. The van der Waals surface area contributed by atoms with Crippen molar-refractivity contribution in [2.45, 2.75) is 12.8 Å². The molecule has 0 atom stereocenters. The highest BCUT2D eigenvalue weighted by molar-refractivity contribution is 7.13. The molecule has 0 aliphatic heterocycles. The fraction of sp³-hybridized carbons (Fsp3) is 0.385. The van der Waals surface area contributed by atoms with E-state index in [1.807, 2.05) is 31.6 Å². The lowest BCUT2D eigenvalue weighted by atomic mass is 10.2. The first-order valence-electron chi connectivity index (χ1n) is 5.95. The number of hydrogen-bond donors (Lipinski definition) is 1. The fourth-order valence-corrected chi connectivity index (χ4v) is 3.31. The summed E-state index contributed by atoms with van der Waals surface area (Å²) in [4.78, 5) is 19.4. The van der Waals surface area contributed by atoms with Crippen LogP contribution in [0.25, 0.3) is 0 Å². The van der Waals surface area contributed by atoms with Crippen LogP contribution in [0.4, 0.5) is 0 Å². The Kier molecular flexibility index (Phi) is 4.68. The van der Waals surface area contributed by atoms with Gasteiger partial charge in [0.15, 0.2) is 0 Å². The van der Waals surface area contributed by atoms with Gasteiger partial charge in [-0.3, -0.25) is 0 Å². The van der Waals surface area contributed by atoms with Crippen molar-refractivity contribution in [3.63, 3.8) is 0 Å². The summed E-state index contributed by atoms with van der Waals surface area (Å²) >= 11 is 2.93. The summed E-state index contributed by atoms with van der Waals surface area (Å²) in [5.74, 6) is -0.875. The average Bonchev–Trinajstić information content (AvgIpc) is 2.96. The van der Waals surface area contributed by atoms with E-state index < -0.39 is 5.97 Å². The number of thiazole rings is 1. The molecule has 2 rings (SSSR count). The second kappa shape index (κ2) is 6.27. The van der Waals surface area contributed by atoms with E-state index in [4.69, 9.17) is 0 Å². The Labute approximate surface area is 120 Å². The molecule has 2 aromatic heterocycles. The van der Waals surface area contributed by atoms with Gasteiger partial charge in [-0.15, -0.1) is 22.7 Å². The fourth-order valence-electron chi connectivity index (χ4n) is 1.69. The van der Waals surface area contributed by atoms with E-state index in [9.17, 15) is 9.90 Å². The summed E-state index contributed by atoms with van der Waals surface area (Å²) in [5.41, 5.74) is 0.689. The molecule has 0 fully saturated rings. The SMILES string of the molecule is CN(C)CCc1nc(Cc2cccs2)c(C(=O)O)s1. The maximum absolute atomic E-state index is 11.3. The van der Waals surface area contributed by atoms with Gasteiger partial charge in [0.2, 0.25) is 0 Å². The molecule has 0 spiro atoms. The zero-order valence-corrected chi connectivity index (χ0v) is 12.6. The van der Waals surface area contributed by atoms with E-state index in [1.165, 1.54) is 11.3 Å². The van der Waals surface area contributed by atoms with Crippen molar-refractivity contribution in [1.82, 2.24) is 9.88 Å². The van der Waals surface area contributed by atoms with Crippen LogP contribution in [0.15, 0.2) is 17.5 Å². The third-order valence-electron chi connectivity index (χ3n) is 2.63. The van der Waals surface area contributed by atoms with Gasteiger partial charge in [0.1, 0.15) is 4.88 Å². The van der Waals surface area contributed by atoms with Crippen molar-refractivity contribution in [1.29, 1.82) is 0 Å². The second-order valence-corrected chi connectivity index (χ2v) is 6.61. The number of likely N-dealkylation sites (N-methyl/N-ethyl adjacent to an activating group) is 1. The summed E-state index contributed by atoms with van der Waals surface area (Å²) in [6, 6.07) is 3.98. The zero-order chi connectivity index (χ0) is 13.8. The molecule has 0 bridgehead atoms. The Morgan fingerprint density at radius 1 is 1.47 bits per heavy atom. The Hall–Kier alpha value is -1.24. The quantitative estimate of drug-likeness (QED) is 0.890. The van der Waals surface area contributed by atoms with Crippen LogP contribution in [0.3, 0.4) is 0 Å². The first kappa shape index (κ1) is 14.2. The van der Waals surface area contributed by atoms with Gasteiger partial charge in [0.25, 0.3) is 0 Å². The molecule has 0 aliphatic rings. The van der Waals surface area contributed by atoms with Crippen LogP contribution in [0.1, 0.15) is 25.3 Å². The predicted molar refractivity (Wildman–Crippen MR) is 78.5 cm³/mol. The normalized spacial score (nSPS) is 11.1. The third kappa shape index (κ3) is 3.86. The van der Waals surface area contributed by atoms with Gasteiger partial charge in [-0.1, -0.05) is 6.07 Å². The molecule has 2 heterocycles. The highest BCUT2D eigenvalue weighted by Crippen LogP contribution is 2.23. The minimum Gasteiger partial charge on any atom is -0.477 e. The van der Waals surface area contributed by atoms with E-state index >= 15 is 0 Å². The van der Waals surface area contributed by atoms with Crippen LogP contribution in [0.5, 0.6) is 0 Å². The Morgan fingerprint density at radius 2 is 2.26 bits per heavy atom. The van der Waals surface area contributed by atoms with Gasteiger partial charge in [-0.2, -0.15) is 0 Å². The van der Waals surface area contributed by atoms with Gasteiger partial charge >= 0.3 is 5.97 Å². The van der Waals surface area contributed by atoms with Gasteiger partial charge in [0, 0.05) is 24.3 Å². The molecule has 0 unspecified atom stereocenters. The van der Waals surface area contributed by atoms with Gasteiger partial charge in [0.05, 0.1) is 10.7 Å². The van der Waals surface area contributed by atoms with Gasteiger partial charge < -0.3 is 10.0 Å². The summed E-state index contributed by atoms with van der Waals surface area (Å²) in [6.45, 7) is 0.880. The Morgan fingerprint density at radius 3 is 2.84 bits per heavy atom. The lowest BCUT2D eigenvalue weighted by Gasteiger charge is -2.06. The largest absolute Gasteiger partial charge is 0.477 e. The molecule has 2 aromatic rings. The van der Waals surface area contributed by atoms with Crippen molar-refractivity contribution in [2.75, 3.05) is 20.6 Å². The number of carboxylic acid groups (broad SMARTS) is 1. The molecule has 0 amide bonds. The number of carbonyl (C=O) groups is 1. The van der Waals surface area contributed by atoms with E-state index in [1.54, 1.807) is 11.3 Å². The number of thiophene rings is 1. The third-order valence-corrected chi connectivity index (χ3v) is 4.65. The molecule has 1 N–H and O–H groups in total. The molecule has 0 aliphatic carbocycles. The smallest absolute Gasteiger partial charge is 0.347 e. The average molecular weight is 296 g/mol. The number of aromatic carboxylic acids is 1. The Bertz CT molecular complexity index is 547. The molecule has 102 valence electrons. The van der Waals surface area contributed by atoms with Crippen LogP contribution >= 0.6 is 22.7 Å². The lowest BCUT2D eigenvalue weighted by molar-refractivity contribution is 0.0701. The molecule has 0 saturated carbocycles. The first-order chi connectivity index (χ1) is 9.06.